The van der Waals surface area contributed by atoms with Crippen LogP contribution in [0.25, 0.3) is 0 Å². The molecule has 4 nitrogen and oxygen atoms in total. The lowest BCUT2D eigenvalue weighted by Crippen LogP contribution is -2.10. The van der Waals surface area contributed by atoms with Crippen LogP contribution in [-0.2, 0) is 11.2 Å². The molecule has 1 heterocycles. The Morgan fingerprint density at radius 2 is 2.22 bits per heavy atom. The number of anilines is 1. The van der Waals surface area contributed by atoms with E-state index in [2.05, 4.69) is 10.3 Å². The van der Waals surface area contributed by atoms with Gasteiger partial charge < -0.3 is 10.4 Å². The molecule has 0 saturated heterocycles. The molecule has 1 aromatic heterocycles. The van der Waals surface area contributed by atoms with Crippen molar-refractivity contribution < 1.29 is 23.1 Å². The molecule has 102 valence electrons. The molecule has 0 saturated carbocycles. The topological polar surface area (TPSA) is 62.2 Å². The number of hydrogen-bond acceptors (Lipinski definition) is 4. The monoisotopic (exact) mass is 282 g/mol. The third-order valence-electron chi connectivity index (χ3n) is 2.06. The number of alkyl halides is 3. The van der Waals surface area contributed by atoms with Crippen LogP contribution < -0.4 is 5.32 Å². The van der Waals surface area contributed by atoms with E-state index in [1.807, 2.05) is 0 Å². The van der Waals surface area contributed by atoms with E-state index in [0.717, 1.165) is 0 Å². The highest BCUT2D eigenvalue weighted by molar-refractivity contribution is 7.13. The molecule has 0 aromatic carbocycles. The van der Waals surface area contributed by atoms with Crippen molar-refractivity contribution in [1.29, 1.82) is 0 Å². The molecule has 0 fully saturated rings. The maximum absolute atomic E-state index is 11.9. The fourth-order valence-corrected chi connectivity index (χ4v) is 2.00. The zero-order valence-electron chi connectivity index (χ0n) is 9.46. The Balaban J connectivity index is 2.25. The van der Waals surface area contributed by atoms with Gasteiger partial charge in [-0.2, -0.15) is 13.2 Å². The molecule has 0 aliphatic heterocycles. The summed E-state index contributed by atoms with van der Waals surface area (Å²) in [5.41, 5.74) is 0.640. The highest BCUT2D eigenvalue weighted by atomic mass is 32.1. The zero-order valence-corrected chi connectivity index (χ0v) is 10.3. The number of nitrogens with one attached hydrogen (secondary N) is 1. The first kappa shape index (κ1) is 14.7. The van der Waals surface area contributed by atoms with Crippen LogP contribution in [0.2, 0.25) is 0 Å². The minimum atomic E-state index is -4.13. The average Bonchev–Trinajstić information content (AvgIpc) is 2.68. The second-order valence-electron chi connectivity index (χ2n) is 3.68. The summed E-state index contributed by atoms with van der Waals surface area (Å²) < 4.78 is 35.6. The summed E-state index contributed by atoms with van der Waals surface area (Å²) in [6.07, 6.45) is -4.63. The molecule has 0 aliphatic rings. The molecular weight excluding hydrogens is 269 g/mol. The molecule has 0 atom stereocenters. The van der Waals surface area contributed by atoms with E-state index in [9.17, 15) is 18.0 Å². The van der Waals surface area contributed by atoms with Crippen LogP contribution in [0.4, 0.5) is 18.3 Å². The lowest BCUT2D eigenvalue weighted by molar-refractivity contribution is -0.137. The number of nitrogens with zero attached hydrogens (tertiary/aromatic N) is 1. The Kier molecular flexibility index (Phi) is 5.39. The largest absolute Gasteiger partial charge is 0.481 e. The molecule has 1 rings (SSSR count). The van der Waals surface area contributed by atoms with Crippen LogP contribution >= 0.6 is 11.3 Å². The lowest BCUT2D eigenvalue weighted by atomic mass is 10.2. The van der Waals surface area contributed by atoms with Gasteiger partial charge in [0.2, 0.25) is 0 Å². The Hall–Kier alpha value is -1.31. The van der Waals surface area contributed by atoms with Crippen LogP contribution in [0.15, 0.2) is 5.38 Å². The van der Waals surface area contributed by atoms with Crippen molar-refractivity contribution >= 4 is 22.4 Å². The number of aromatic nitrogens is 1. The summed E-state index contributed by atoms with van der Waals surface area (Å²) in [4.78, 5) is 14.4. The number of thiazole rings is 1. The fraction of sp³-hybridized carbons (Fsp3) is 0.600. The fourth-order valence-electron chi connectivity index (χ4n) is 1.22. The van der Waals surface area contributed by atoms with Gasteiger partial charge in [0.1, 0.15) is 0 Å². The van der Waals surface area contributed by atoms with Crippen LogP contribution in [-0.4, -0.2) is 28.8 Å². The molecule has 18 heavy (non-hydrogen) atoms. The van der Waals surface area contributed by atoms with Crippen molar-refractivity contribution in [2.75, 3.05) is 11.9 Å². The lowest BCUT2D eigenvalue weighted by Gasteiger charge is -2.05. The summed E-state index contributed by atoms with van der Waals surface area (Å²) in [5.74, 6) is -0.900. The van der Waals surface area contributed by atoms with Crippen LogP contribution in [0.1, 0.15) is 25.0 Å². The zero-order chi connectivity index (χ0) is 13.6. The van der Waals surface area contributed by atoms with Gasteiger partial charge in [-0.05, 0) is 6.42 Å². The smallest absolute Gasteiger partial charge is 0.389 e. The van der Waals surface area contributed by atoms with Crippen LogP contribution in [0.3, 0.4) is 0 Å². The van der Waals surface area contributed by atoms with Crippen LogP contribution in [0, 0.1) is 0 Å². The van der Waals surface area contributed by atoms with Crippen molar-refractivity contribution in [3.63, 3.8) is 0 Å². The average molecular weight is 282 g/mol. The molecule has 0 bridgehead atoms. The van der Waals surface area contributed by atoms with Gasteiger partial charge >= 0.3 is 12.1 Å². The van der Waals surface area contributed by atoms with Gasteiger partial charge in [0.25, 0.3) is 0 Å². The number of aryl methyl sites for hydroxylation is 1. The van der Waals surface area contributed by atoms with E-state index in [0.29, 0.717) is 17.2 Å². The summed E-state index contributed by atoms with van der Waals surface area (Å²) in [6, 6.07) is 0. The van der Waals surface area contributed by atoms with Crippen molar-refractivity contribution in [1.82, 2.24) is 4.98 Å². The van der Waals surface area contributed by atoms with Crippen molar-refractivity contribution in [2.24, 2.45) is 0 Å². The van der Waals surface area contributed by atoms with Gasteiger partial charge in [0.15, 0.2) is 5.13 Å². The predicted octanol–water partition coefficient (Wildman–Crippen LogP) is 2.91. The third-order valence-corrected chi connectivity index (χ3v) is 2.91. The summed E-state index contributed by atoms with van der Waals surface area (Å²) in [5, 5.41) is 13.5. The second-order valence-corrected chi connectivity index (χ2v) is 4.54. The van der Waals surface area contributed by atoms with Crippen molar-refractivity contribution in [3.8, 4) is 0 Å². The Labute approximate surface area is 106 Å². The number of halogens is 3. The van der Waals surface area contributed by atoms with E-state index < -0.39 is 18.6 Å². The van der Waals surface area contributed by atoms with Gasteiger partial charge in [0.05, 0.1) is 12.1 Å². The minimum absolute atomic E-state index is 0.00273. The Bertz CT molecular complexity index is 393. The maximum atomic E-state index is 11.9. The van der Waals surface area contributed by atoms with Gasteiger partial charge in [-0.15, -0.1) is 11.3 Å². The summed E-state index contributed by atoms with van der Waals surface area (Å²) in [7, 11) is 0. The number of hydrogen-bond donors (Lipinski definition) is 2. The first-order valence-electron chi connectivity index (χ1n) is 5.33. The molecule has 8 heteroatoms. The Morgan fingerprint density at radius 1 is 1.50 bits per heavy atom. The van der Waals surface area contributed by atoms with Crippen molar-refractivity contribution in [2.45, 2.75) is 31.9 Å². The molecule has 0 amide bonds. The van der Waals surface area contributed by atoms with Gasteiger partial charge in [-0.3, -0.25) is 4.79 Å². The van der Waals surface area contributed by atoms with Gasteiger partial charge in [0, 0.05) is 24.8 Å². The summed E-state index contributed by atoms with van der Waals surface area (Å²) in [6.45, 7) is 0.200. The molecule has 1 aromatic rings. The molecule has 2 N–H and O–H groups in total. The minimum Gasteiger partial charge on any atom is -0.481 e. The molecule has 0 radical (unpaired) electrons. The van der Waals surface area contributed by atoms with E-state index in [4.69, 9.17) is 5.11 Å². The van der Waals surface area contributed by atoms with Crippen LogP contribution in [0.5, 0.6) is 0 Å². The molecule has 0 aliphatic carbocycles. The number of carbonyl (C=O) groups is 1. The highest BCUT2D eigenvalue weighted by Gasteiger charge is 2.25. The highest BCUT2D eigenvalue weighted by Crippen LogP contribution is 2.22. The number of rotatable bonds is 7. The van der Waals surface area contributed by atoms with Gasteiger partial charge in [-0.25, -0.2) is 4.98 Å². The van der Waals surface area contributed by atoms with Crippen molar-refractivity contribution in [3.05, 3.63) is 11.1 Å². The van der Waals surface area contributed by atoms with Gasteiger partial charge in [-0.1, -0.05) is 0 Å². The number of carboxylic acid groups (broad SMARTS) is 1. The maximum Gasteiger partial charge on any atom is 0.389 e. The normalized spacial score (nSPS) is 11.5. The SMILES string of the molecule is O=C(O)CCc1csc(NCCCC(F)(F)F)n1. The molecule has 0 unspecified atom stereocenters. The predicted molar refractivity (Wildman–Crippen MR) is 61.8 cm³/mol. The van der Waals surface area contributed by atoms with E-state index in [1.165, 1.54) is 11.3 Å². The quantitative estimate of drug-likeness (QED) is 0.755. The van der Waals surface area contributed by atoms with E-state index in [1.54, 1.807) is 5.38 Å². The first-order valence-corrected chi connectivity index (χ1v) is 6.21. The molecular formula is C10H13F3N2O2S. The number of carboxylic acids is 1. The Morgan fingerprint density at radius 3 is 2.83 bits per heavy atom. The number of aliphatic carboxylic acids is 1. The summed E-state index contributed by atoms with van der Waals surface area (Å²) >= 11 is 1.26. The standard InChI is InChI=1S/C10H13F3N2O2S/c11-10(12,13)4-1-5-14-9-15-7(6-18-9)2-3-8(16)17/h6H,1-5H2,(H,14,15)(H,16,17). The van der Waals surface area contributed by atoms with E-state index in [-0.39, 0.29) is 19.4 Å². The second kappa shape index (κ2) is 6.58. The van der Waals surface area contributed by atoms with E-state index >= 15 is 0 Å². The first-order chi connectivity index (χ1) is 8.37. The third kappa shape index (κ3) is 6.43. The molecule has 0 spiro atoms.